The molecule has 0 heterocycles. The molecule has 0 aliphatic heterocycles. The second-order valence-corrected chi connectivity index (χ2v) is 8.52. The van der Waals surface area contributed by atoms with Crippen molar-refractivity contribution in [3.8, 4) is 16.9 Å². The van der Waals surface area contributed by atoms with Crippen LogP contribution in [0.4, 0.5) is 0 Å². The summed E-state index contributed by atoms with van der Waals surface area (Å²) in [5, 5.41) is 10.7. The number of rotatable bonds is 8. The van der Waals surface area contributed by atoms with Gasteiger partial charge in [0.05, 0.1) is 22.6 Å². The van der Waals surface area contributed by atoms with Gasteiger partial charge in [0.25, 0.3) is 0 Å². The lowest BCUT2D eigenvalue weighted by Gasteiger charge is -2.17. The third kappa shape index (κ3) is 4.59. The molecule has 5 heteroatoms. The molecule has 3 nitrogen and oxygen atoms in total. The van der Waals surface area contributed by atoms with Crippen molar-refractivity contribution in [1.29, 1.82) is 0 Å². The maximum Gasteiger partial charge on any atom is 0.310 e. The van der Waals surface area contributed by atoms with Crippen molar-refractivity contribution in [3.05, 3.63) is 52.0 Å². The van der Waals surface area contributed by atoms with Crippen LogP contribution in [0.1, 0.15) is 43.6 Å². The Morgan fingerprint density at radius 3 is 2.41 bits per heavy atom. The molecular formula is C22H22Cl2O3. The van der Waals surface area contributed by atoms with Crippen LogP contribution < -0.4 is 4.74 Å². The maximum absolute atomic E-state index is 11.8. The van der Waals surface area contributed by atoms with Gasteiger partial charge in [-0.2, -0.15) is 0 Å². The average Bonchev–Trinajstić information content (AvgIpc) is 3.54. The third-order valence-corrected chi connectivity index (χ3v) is 6.11. The molecule has 27 heavy (non-hydrogen) atoms. The molecule has 0 radical (unpaired) electrons. The molecule has 142 valence electrons. The Bertz CT molecular complexity index is 857. The van der Waals surface area contributed by atoms with Gasteiger partial charge in [0, 0.05) is 5.56 Å². The van der Waals surface area contributed by atoms with Gasteiger partial charge in [-0.25, -0.2) is 0 Å². The van der Waals surface area contributed by atoms with Crippen LogP contribution in [0.3, 0.4) is 0 Å². The average molecular weight is 405 g/mol. The highest BCUT2D eigenvalue weighted by atomic mass is 35.5. The normalized spacial score (nSPS) is 17.6. The van der Waals surface area contributed by atoms with Gasteiger partial charge in [-0.05, 0) is 60.4 Å². The lowest BCUT2D eigenvalue weighted by Crippen LogP contribution is -2.13. The van der Waals surface area contributed by atoms with Gasteiger partial charge >= 0.3 is 5.97 Å². The number of aliphatic carboxylic acids is 1. The Labute approximate surface area is 169 Å². The van der Waals surface area contributed by atoms with Crippen LogP contribution in [-0.4, -0.2) is 17.7 Å². The number of carbonyl (C=O) groups is 1. The van der Waals surface area contributed by atoms with Crippen molar-refractivity contribution >= 4 is 29.2 Å². The second kappa shape index (κ2) is 7.73. The fourth-order valence-electron chi connectivity index (χ4n) is 3.34. The zero-order valence-corrected chi connectivity index (χ0v) is 16.5. The molecule has 1 atom stereocenters. The van der Waals surface area contributed by atoms with E-state index in [2.05, 4.69) is 0 Å². The number of halogens is 2. The van der Waals surface area contributed by atoms with E-state index in [1.807, 2.05) is 30.3 Å². The summed E-state index contributed by atoms with van der Waals surface area (Å²) in [7, 11) is 0. The Balaban J connectivity index is 1.68. The van der Waals surface area contributed by atoms with Crippen LogP contribution in [0.25, 0.3) is 11.1 Å². The zero-order chi connectivity index (χ0) is 19.0. The summed E-state index contributed by atoms with van der Waals surface area (Å²) < 4.78 is 6.11. The quantitative estimate of drug-likeness (QED) is 0.551. The number of ether oxygens (including phenoxy) is 1. The van der Waals surface area contributed by atoms with Crippen molar-refractivity contribution in [3.63, 3.8) is 0 Å². The van der Waals surface area contributed by atoms with Crippen LogP contribution >= 0.6 is 23.2 Å². The topological polar surface area (TPSA) is 46.5 Å². The summed E-state index contributed by atoms with van der Waals surface area (Å²) in [5.41, 5.74) is 2.63. The number of hydrogen-bond donors (Lipinski definition) is 1. The first-order chi connectivity index (χ1) is 13.0. The number of carboxylic acid groups (broad SMARTS) is 1. The molecule has 2 saturated carbocycles. The van der Waals surface area contributed by atoms with E-state index in [-0.39, 0.29) is 0 Å². The molecule has 0 aromatic heterocycles. The van der Waals surface area contributed by atoms with E-state index >= 15 is 0 Å². The van der Waals surface area contributed by atoms with Crippen LogP contribution in [0.2, 0.25) is 10.0 Å². The van der Waals surface area contributed by atoms with E-state index < -0.39 is 11.9 Å². The molecule has 0 amide bonds. The molecule has 2 aliphatic rings. The molecule has 2 aromatic carbocycles. The molecule has 1 N–H and O–H groups in total. The SMILES string of the molecule is O=C(O)C(CC1CC1)c1ccc(-c2ccc(Cl)c(Cl)c2)c(OCC2CC2)c1. The Morgan fingerprint density at radius 2 is 1.78 bits per heavy atom. The van der Waals surface area contributed by atoms with Gasteiger partial charge in [-0.1, -0.05) is 54.2 Å². The highest BCUT2D eigenvalue weighted by Crippen LogP contribution is 2.42. The lowest BCUT2D eigenvalue weighted by atomic mass is 9.91. The minimum Gasteiger partial charge on any atom is -0.493 e. The van der Waals surface area contributed by atoms with E-state index in [1.165, 1.54) is 12.8 Å². The summed E-state index contributed by atoms with van der Waals surface area (Å²) in [5.74, 6) is 0.620. The summed E-state index contributed by atoms with van der Waals surface area (Å²) in [6.45, 7) is 0.665. The van der Waals surface area contributed by atoms with Gasteiger partial charge in [-0.3, -0.25) is 4.79 Å². The van der Waals surface area contributed by atoms with Crippen molar-refractivity contribution in [2.45, 2.75) is 38.0 Å². The fraction of sp³-hybridized carbons (Fsp3) is 0.409. The molecule has 0 saturated heterocycles. The summed E-state index contributed by atoms with van der Waals surface area (Å²) in [6, 6.07) is 11.3. The highest BCUT2D eigenvalue weighted by Gasteiger charge is 2.31. The lowest BCUT2D eigenvalue weighted by molar-refractivity contribution is -0.139. The monoisotopic (exact) mass is 404 g/mol. The van der Waals surface area contributed by atoms with Gasteiger partial charge in [0.15, 0.2) is 0 Å². The van der Waals surface area contributed by atoms with Gasteiger partial charge in [0.1, 0.15) is 5.75 Å². The van der Waals surface area contributed by atoms with Crippen LogP contribution in [0.15, 0.2) is 36.4 Å². The van der Waals surface area contributed by atoms with Crippen LogP contribution in [0.5, 0.6) is 5.75 Å². The molecule has 2 fully saturated rings. The molecule has 2 aliphatic carbocycles. The molecule has 1 unspecified atom stereocenters. The van der Waals surface area contributed by atoms with Gasteiger partial charge in [-0.15, -0.1) is 0 Å². The maximum atomic E-state index is 11.8. The standard InChI is InChI=1S/C22H22Cl2O3/c23-19-8-6-15(10-20(19)24)17-7-5-16(11-21(17)27-12-14-3-4-14)18(22(25)26)9-13-1-2-13/h5-8,10-11,13-14,18H,1-4,9,12H2,(H,25,26). The summed E-state index contributed by atoms with van der Waals surface area (Å²) in [4.78, 5) is 11.8. The Hall–Kier alpha value is -1.71. The highest BCUT2D eigenvalue weighted by molar-refractivity contribution is 6.42. The van der Waals surface area contributed by atoms with E-state index in [9.17, 15) is 9.90 Å². The van der Waals surface area contributed by atoms with E-state index in [1.54, 1.807) is 6.07 Å². The first-order valence-corrected chi connectivity index (χ1v) is 10.2. The zero-order valence-electron chi connectivity index (χ0n) is 15.0. The molecule has 2 aromatic rings. The number of hydrogen-bond acceptors (Lipinski definition) is 2. The minimum absolute atomic E-state index is 0.483. The predicted molar refractivity (Wildman–Crippen MR) is 108 cm³/mol. The van der Waals surface area contributed by atoms with Gasteiger partial charge in [0.2, 0.25) is 0 Å². The summed E-state index contributed by atoms with van der Waals surface area (Å²) >= 11 is 12.2. The second-order valence-electron chi connectivity index (χ2n) is 7.71. The first kappa shape index (κ1) is 18.6. The van der Waals surface area contributed by atoms with Crippen LogP contribution in [-0.2, 0) is 4.79 Å². The smallest absolute Gasteiger partial charge is 0.310 e. The molecule has 0 spiro atoms. The Kier molecular flexibility index (Phi) is 5.34. The molecular weight excluding hydrogens is 383 g/mol. The molecule has 4 rings (SSSR count). The first-order valence-electron chi connectivity index (χ1n) is 9.46. The van der Waals surface area contributed by atoms with E-state index in [0.29, 0.717) is 34.9 Å². The van der Waals surface area contributed by atoms with E-state index in [0.717, 1.165) is 35.3 Å². The van der Waals surface area contributed by atoms with Crippen LogP contribution in [0, 0.1) is 11.8 Å². The van der Waals surface area contributed by atoms with Gasteiger partial charge < -0.3 is 9.84 Å². The van der Waals surface area contributed by atoms with Crippen molar-refractivity contribution in [1.82, 2.24) is 0 Å². The fourth-order valence-corrected chi connectivity index (χ4v) is 3.63. The Morgan fingerprint density at radius 1 is 1.04 bits per heavy atom. The predicted octanol–water partition coefficient (Wildman–Crippen LogP) is 6.42. The van der Waals surface area contributed by atoms with Crippen molar-refractivity contribution < 1.29 is 14.6 Å². The van der Waals surface area contributed by atoms with Crippen molar-refractivity contribution in [2.24, 2.45) is 11.8 Å². The van der Waals surface area contributed by atoms with E-state index in [4.69, 9.17) is 27.9 Å². The largest absolute Gasteiger partial charge is 0.493 e. The number of carboxylic acids is 1. The number of benzene rings is 2. The molecule has 0 bridgehead atoms. The minimum atomic E-state index is -0.766. The third-order valence-electron chi connectivity index (χ3n) is 5.37. The summed E-state index contributed by atoms with van der Waals surface area (Å²) in [6.07, 6.45) is 5.36. The van der Waals surface area contributed by atoms with Crippen molar-refractivity contribution in [2.75, 3.05) is 6.61 Å².